The number of amides is 1. The zero-order valence-electron chi connectivity index (χ0n) is 15.6. The SMILES string of the molecule is Cc1ccccc1N(C)C(=O)Oc1ccc(Oc2ncccc2C(F)(F)F)cc1. The van der Waals surface area contributed by atoms with Crippen molar-refractivity contribution in [2.24, 2.45) is 0 Å². The normalized spacial score (nSPS) is 11.1. The van der Waals surface area contributed by atoms with E-state index in [1.807, 2.05) is 25.1 Å². The molecule has 3 aromatic rings. The predicted octanol–water partition coefficient (Wildman–Crippen LogP) is 5.84. The molecule has 0 saturated heterocycles. The quantitative estimate of drug-likeness (QED) is 0.550. The lowest BCUT2D eigenvalue weighted by Crippen LogP contribution is -2.29. The molecule has 8 heteroatoms. The van der Waals surface area contributed by atoms with E-state index in [-0.39, 0.29) is 11.5 Å². The molecule has 0 spiro atoms. The summed E-state index contributed by atoms with van der Waals surface area (Å²) in [6.45, 7) is 1.87. The maximum Gasteiger partial charge on any atom is 0.421 e. The summed E-state index contributed by atoms with van der Waals surface area (Å²) < 4.78 is 49.6. The molecule has 0 radical (unpaired) electrons. The highest BCUT2D eigenvalue weighted by molar-refractivity contribution is 5.89. The number of halogens is 3. The monoisotopic (exact) mass is 402 g/mol. The van der Waals surface area contributed by atoms with Gasteiger partial charge >= 0.3 is 12.3 Å². The second-order valence-electron chi connectivity index (χ2n) is 6.14. The second-order valence-corrected chi connectivity index (χ2v) is 6.14. The first-order chi connectivity index (χ1) is 13.8. The number of ether oxygens (including phenoxy) is 2. The molecule has 0 fully saturated rings. The van der Waals surface area contributed by atoms with Gasteiger partial charge in [-0.15, -0.1) is 0 Å². The Labute approximate surface area is 165 Å². The number of hydrogen-bond acceptors (Lipinski definition) is 4. The first-order valence-corrected chi connectivity index (χ1v) is 8.57. The fraction of sp³-hybridized carbons (Fsp3) is 0.143. The molecule has 0 N–H and O–H groups in total. The number of nitrogens with zero attached hydrogens (tertiary/aromatic N) is 2. The van der Waals surface area contributed by atoms with Crippen LogP contribution in [0.3, 0.4) is 0 Å². The Morgan fingerprint density at radius 2 is 1.62 bits per heavy atom. The zero-order chi connectivity index (χ0) is 21.0. The average Bonchev–Trinajstić information content (AvgIpc) is 2.69. The standard InChI is InChI=1S/C21H17F3N2O3/c1-14-6-3-4-8-18(14)26(2)20(27)29-16-11-9-15(10-12-16)28-19-17(21(22,23)24)7-5-13-25-19/h3-13H,1-2H3. The van der Waals surface area contributed by atoms with Gasteiger partial charge in [-0.1, -0.05) is 18.2 Å². The van der Waals surface area contributed by atoms with Crippen molar-refractivity contribution in [1.82, 2.24) is 4.98 Å². The van der Waals surface area contributed by atoms with Crippen LogP contribution in [0.15, 0.2) is 66.9 Å². The van der Waals surface area contributed by atoms with Crippen LogP contribution in [0.2, 0.25) is 0 Å². The Bertz CT molecular complexity index is 1000. The van der Waals surface area contributed by atoms with E-state index < -0.39 is 23.7 Å². The van der Waals surface area contributed by atoms with E-state index in [0.29, 0.717) is 5.69 Å². The van der Waals surface area contributed by atoms with Gasteiger partial charge in [-0.05, 0) is 55.0 Å². The minimum absolute atomic E-state index is 0.126. The topological polar surface area (TPSA) is 51.7 Å². The molecule has 5 nitrogen and oxygen atoms in total. The van der Waals surface area contributed by atoms with Crippen LogP contribution in [-0.2, 0) is 6.18 Å². The number of aryl methyl sites for hydroxylation is 1. The van der Waals surface area contributed by atoms with Crippen molar-refractivity contribution < 1.29 is 27.4 Å². The smallest absolute Gasteiger partial charge is 0.421 e. The van der Waals surface area contributed by atoms with Crippen molar-refractivity contribution in [3.05, 3.63) is 78.0 Å². The second kappa shape index (κ2) is 8.22. The number of carbonyl (C=O) groups excluding carboxylic acids is 1. The molecule has 0 saturated carbocycles. The molecule has 2 aromatic carbocycles. The Hall–Kier alpha value is -3.55. The highest BCUT2D eigenvalue weighted by Gasteiger charge is 2.35. The van der Waals surface area contributed by atoms with Gasteiger partial charge in [-0.3, -0.25) is 4.90 Å². The lowest BCUT2D eigenvalue weighted by Gasteiger charge is -2.19. The van der Waals surface area contributed by atoms with E-state index in [4.69, 9.17) is 9.47 Å². The minimum Gasteiger partial charge on any atom is -0.438 e. The molecule has 0 bridgehead atoms. The Kier molecular flexibility index (Phi) is 5.72. The van der Waals surface area contributed by atoms with Gasteiger partial charge in [-0.25, -0.2) is 9.78 Å². The fourth-order valence-electron chi connectivity index (χ4n) is 2.58. The highest BCUT2D eigenvalue weighted by atomic mass is 19.4. The summed E-state index contributed by atoms with van der Waals surface area (Å²) in [4.78, 5) is 17.3. The number of rotatable bonds is 4. The Morgan fingerprint density at radius 3 is 2.28 bits per heavy atom. The van der Waals surface area contributed by atoms with E-state index in [0.717, 1.165) is 11.6 Å². The molecule has 1 heterocycles. The molecule has 0 aliphatic heterocycles. The summed E-state index contributed by atoms with van der Waals surface area (Å²) in [7, 11) is 1.59. The first kappa shape index (κ1) is 20.2. The third-order valence-corrected chi connectivity index (χ3v) is 4.07. The van der Waals surface area contributed by atoms with Crippen LogP contribution >= 0.6 is 0 Å². The molecule has 1 aromatic heterocycles. The number of benzene rings is 2. The molecule has 0 unspecified atom stereocenters. The van der Waals surface area contributed by atoms with Crippen LogP contribution in [0.1, 0.15) is 11.1 Å². The van der Waals surface area contributed by atoms with Gasteiger partial charge in [-0.2, -0.15) is 13.2 Å². The van der Waals surface area contributed by atoms with Gasteiger partial charge in [0.1, 0.15) is 17.1 Å². The van der Waals surface area contributed by atoms with E-state index in [1.54, 1.807) is 13.1 Å². The number of carbonyl (C=O) groups is 1. The molecule has 3 rings (SSSR count). The summed E-state index contributed by atoms with van der Waals surface area (Å²) >= 11 is 0. The van der Waals surface area contributed by atoms with Crippen LogP contribution in [0.4, 0.5) is 23.7 Å². The van der Waals surface area contributed by atoms with Gasteiger partial charge in [0.15, 0.2) is 0 Å². The molecule has 0 aliphatic carbocycles. The predicted molar refractivity (Wildman–Crippen MR) is 101 cm³/mol. The van der Waals surface area contributed by atoms with Crippen molar-refractivity contribution in [2.45, 2.75) is 13.1 Å². The maximum absolute atomic E-state index is 13.0. The van der Waals surface area contributed by atoms with Crippen molar-refractivity contribution in [2.75, 3.05) is 11.9 Å². The number of anilines is 1. The Morgan fingerprint density at radius 1 is 0.966 bits per heavy atom. The van der Waals surface area contributed by atoms with E-state index in [1.165, 1.54) is 41.4 Å². The van der Waals surface area contributed by atoms with Gasteiger partial charge in [0.25, 0.3) is 0 Å². The molecular formula is C21H17F3N2O3. The minimum atomic E-state index is -4.58. The summed E-state index contributed by atoms with van der Waals surface area (Å²) in [5, 5.41) is 0. The van der Waals surface area contributed by atoms with Crippen molar-refractivity contribution in [1.29, 1.82) is 0 Å². The van der Waals surface area contributed by atoms with Crippen molar-refractivity contribution in [3.63, 3.8) is 0 Å². The maximum atomic E-state index is 13.0. The summed E-state index contributed by atoms with van der Waals surface area (Å²) in [6, 6.07) is 15.0. The summed E-state index contributed by atoms with van der Waals surface area (Å²) in [5.74, 6) is -0.204. The first-order valence-electron chi connectivity index (χ1n) is 8.57. The number of aromatic nitrogens is 1. The molecule has 0 atom stereocenters. The van der Waals surface area contributed by atoms with E-state index in [9.17, 15) is 18.0 Å². The molecule has 0 aliphatic rings. The van der Waals surface area contributed by atoms with Gasteiger partial charge in [0, 0.05) is 18.9 Å². The van der Waals surface area contributed by atoms with Gasteiger partial charge in [0.2, 0.25) is 5.88 Å². The third-order valence-electron chi connectivity index (χ3n) is 4.07. The summed E-state index contributed by atoms with van der Waals surface area (Å²) in [6.07, 6.45) is -3.97. The lowest BCUT2D eigenvalue weighted by atomic mass is 10.2. The summed E-state index contributed by atoms with van der Waals surface area (Å²) in [5.41, 5.74) is 0.633. The van der Waals surface area contributed by atoms with E-state index in [2.05, 4.69) is 4.98 Å². The van der Waals surface area contributed by atoms with E-state index >= 15 is 0 Å². The third kappa shape index (κ3) is 4.84. The lowest BCUT2D eigenvalue weighted by molar-refractivity contribution is -0.138. The number of pyridine rings is 1. The number of para-hydroxylation sites is 1. The number of hydrogen-bond donors (Lipinski definition) is 0. The van der Waals surface area contributed by atoms with Crippen LogP contribution in [0.5, 0.6) is 17.4 Å². The van der Waals surface area contributed by atoms with Gasteiger partial charge < -0.3 is 9.47 Å². The number of alkyl halides is 3. The van der Waals surface area contributed by atoms with Crippen molar-refractivity contribution in [3.8, 4) is 17.4 Å². The highest BCUT2D eigenvalue weighted by Crippen LogP contribution is 2.36. The van der Waals surface area contributed by atoms with Crippen LogP contribution in [0.25, 0.3) is 0 Å². The largest absolute Gasteiger partial charge is 0.438 e. The molecule has 150 valence electrons. The molecule has 29 heavy (non-hydrogen) atoms. The van der Waals surface area contributed by atoms with Crippen LogP contribution < -0.4 is 14.4 Å². The average molecular weight is 402 g/mol. The fourth-order valence-corrected chi connectivity index (χ4v) is 2.58. The van der Waals surface area contributed by atoms with Crippen LogP contribution in [0, 0.1) is 6.92 Å². The Balaban J connectivity index is 1.70. The zero-order valence-corrected chi connectivity index (χ0v) is 15.6. The van der Waals surface area contributed by atoms with Crippen molar-refractivity contribution >= 4 is 11.8 Å². The van der Waals surface area contributed by atoms with Gasteiger partial charge in [0.05, 0.1) is 0 Å². The van der Waals surface area contributed by atoms with Crippen LogP contribution in [-0.4, -0.2) is 18.1 Å². The molecular weight excluding hydrogens is 385 g/mol. The molecule has 1 amide bonds.